The fourth-order valence-corrected chi connectivity index (χ4v) is 4.29. The first-order valence-electron chi connectivity index (χ1n) is 11.6. The van der Waals surface area contributed by atoms with Gasteiger partial charge >= 0.3 is 0 Å². The number of fused-ring (bicyclic) bond motifs is 1. The van der Waals surface area contributed by atoms with Gasteiger partial charge in [-0.05, 0) is 60.0 Å². The molecule has 0 spiro atoms. The molecule has 6 heteroatoms. The van der Waals surface area contributed by atoms with E-state index in [1.807, 2.05) is 61.2 Å². The van der Waals surface area contributed by atoms with Gasteiger partial charge in [0.15, 0.2) is 12.4 Å². The molecule has 4 aromatic rings. The Morgan fingerprint density at radius 1 is 0.853 bits per heavy atom. The van der Waals surface area contributed by atoms with Gasteiger partial charge in [0.1, 0.15) is 5.75 Å². The van der Waals surface area contributed by atoms with E-state index in [0.29, 0.717) is 13.1 Å². The van der Waals surface area contributed by atoms with E-state index in [9.17, 15) is 4.79 Å². The Balaban J connectivity index is 1.17. The number of carbonyl (C=O) groups excluding carboxylic acids is 1. The number of anilines is 1. The predicted octanol–water partition coefficient (Wildman–Crippen LogP) is 4.64. The van der Waals surface area contributed by atoms with Crippen LogP contribution in [0.15, 0.2) is 72.8 Å². The Morgan fingerprint density at radius 3 is 2.41 bits per heavy atom. The molecule has 1 aliphatic rings. The first-order chi connectivity index (χ1) is 16.6. The van der Waals surface area contributed by atoms with Crippen LogP contribution in [-0.2, 0) is 4.79 Å². The number of nitrogens with zero attached hydrogens (tertiary/aromatic N) is 4. The number of aryl methyl sites for hydroxylation is 1. The zero-order chi connectivity index (χ0) is 23.5. The van der Waals surface area contributed by atoms with Crippen LogP contribution in [-0.4, -0.2) is 53.8 Å². The molecular weight excluding hydrogens is 424 g/mol. The molecule has 2 heterocycles. The van der Waals surface area contributed by atoms with Crippen molar-refractivity contribution in [3.63, 3.8) is 0 Å². The number of rotatable bonds is 5. The van der Waals surface area contributed by atoms with Crippen molar-refractivity contribution in [3.8, 4) is 17.0 Å². The van der Waals surface area contributed by atoms with E-state index in [1.165, 1.54) is 10.8 Å². The second-order valence-electron chi connectivity index (χ2n) is 8.69. The minimum atomic E-state index is 0.0123. The number of piperazine rings is 1. The monoisotopic (exact) mass is 452 g/mol. The third-order valence-electron chi connectivity index (χ3n) is 6.56. The van der Waals surface area contributed by atoms with Gasteiger partial charge in [-0.2, -0.15) is 0 Å². The highest BCUT2D eigenvalue weighted by molar-refractivity contribution is 5.86. The number of carbonyl (C=O) groups is 1. The van der Waals surface area contributed by atoms with Crippen LogP contribution in [0.3, 0.4) is 0 Å². The number of hydrogen-bond acceptors (Lipinski definition) is 5. The molecule has 0 bridgehead atoms. The summed E-state index contributed by atoms with van der Waals surface area (Å²) in [7, 11) is 0. The van der Waals surface area contributed by atoms with Crippen molar-refractivity contribution >= 4 is 22.5 Å². The van der Waals surface area contributed by atoms with E-state index in [4.69, 9.17) is 4.74 Å². The van der Waals surface area contributed by atoms with Gasteiger partial charge in [0.25, 0.3) is 5.91 Å². The van der Waals surface area contributed by atoms with Gasteiger partial charge in [-0.15, -0.1) is 10.2 Å². The van der Waals surface area contributed by atoms with Gasteiger partial charge in [-0.25, -0.2) is 0 Å². The molecule has 34 heavy (non-hydrogen) atoms. The van der Waals surface area contributed by atoms with Gasteiger partial charge < -0.3 is 14.5 Å². The number of ether oxygens (including phenoxy) is 1. The van der Waals surface area contributed by atoms with E-state index in [1.54, 1.807) is 0 Å². The van der Waals surface area contributed by atoms with Crippen molar-refractivity contribution in [2.75, 3.05) is 37.7 Å². The molecule has 1 fully saturated rings. The normalized spacial score (nSPS) is 13.8. The molecule has 1 aliphatic heterocycles. The lowest BCUT2D eigenvalue weighted by Gasteiger charge is -2.35. The minimum absolute atomic E-state index is 0.0123. The van der Waals surface area contributed by atoms with Crippen molar-refractivity contribution < 1.29 is 9.53 Å². The first kappa shape index (κ1) is 21.9. The topological polar surface area (TPSA) is 58.6 Å². The fraction of sp³-hybridized carbons (Fsp3) is 0.250. The molecule has 0 radical (unpaired) electrons. The van der Waals surface area contributed by atoms with Gasteiger partial charge in [0.2, 0.25) is 0 Å². The molecule has 0 N–H and O–H groups in total. The summed E-state index contributed by atoms with van der Waals surface area (Å²) in [4.78, 5) is 16.7. The van der Waals surface area contributed by atoms with Crippen molar-refractivity contribution in [1.29, 1.82) is 0 Å². The zero-order valence-electron chi connectivity index (χ0n) is 19.6. The predicted molar refractivity (Wildman–Crippen MR) is 135 cm³/mol. The third-order valence-corrected chi connectivity index (χ3v) is 6.56. The number of hydrogen-bond donors (Lipinski definition) is 0. The van der Waals surface area contributed by atoms with Crippen LogP contribution >= 0.6 is 0 Å². The van der Waals surface area contributed by atoms with Crippen molar-refractivity contribution in [2.24, 2.45) is 0 Å². The highest BCUT2D eigenvalue weighted by Gasteiger charge is 2.22. The number of benzene rings is 3. The summed E-state index contributed by atoms with van der Waals surface area (Å²) in [5.74, 6) is 1.62. The summed E-state index contributed by atoms with van der Waals surface area (Å²) >= 11 is 0. The van der Waals surface area contributed by atoms with Crippen LogP contribution < -0.4 is 9.64 Å². The average molecular weight is 453 g/mol. The Hall–Kier alpha value is -3.93. The molecule has 0 aliphatic carbocycles. The van der Waals surface area contributed by atoms with Crippen LogP contribution in [0.1, 0.15) is 11.1 Å². The smallest absolute Gasteiger partial charge is 0.260 e. The van der Waals surface area contributed by atoms with Gasteiger partial charge in [-0.3, -0.25) is 4.79 Å². The number of amides is 1. The summed E-state index contributed by atoms with van der Waals surface area (Å²) in [5, 5.41) is 11.3. The maximum Gasteiger partial charge on any atom is 0.260 e. The van der Waals surface area contributed by atoms with E-state index in [2.05, 4.69) is 45.4 Å². The quantitative estimate of drug-likeness (QED) is 0.442. The largest absolute Gasteiger partial charge is 0.483 e. The molecule has 0 saturated carbocycles. The van der Waals surface area contributed by atoms with E-state index >= 15 is 0 Å². The lowest BCUT2D eigenvalue weighted by atomic mass is 10.1. The lowest BCUT2D eigenvalue weighted by Crippen LogP contribution is -2.50. The molecule has 172 valence electrons. The summed E-state index contributed by atoms with van der Waals surface area (Å²) in [6, 6.07) is 24.6. The summed E-state index contributed by atoms with van der Waals surface area (Å²) in [6.45, 7) is 6.84. The van der Waals surface area contributed by atoms with Crippen molar-refractivity contribution in [3.05, 3.63) is 83.9 Å². The minimum Gasteiger partial charge on any atom is -0.483 e. The van der Waals surface area contributed by atoms with Crippen LogP contribution in [0.2, 0.25) is 0 Å². The second-order valence-corrected chi connectivity index (χ2v) is 8.69. The molecule has 5 rings (SSSR count). The Bertz CT molecular complexity index is 1310. The van der Waals surface area contributed by atoms with Gasteiger partial charge in [-0.1, -0.05) is 48.5 Å². The van der Waals surface area contributed by atoms with Gasteiger partial charge in [0.05, 0.1) is 5.69 Å². The fourth-order valence-electron chi connectivity index (χ4n) is 4.29. The molecule has 1 saturated heterocycles. The van der Waals surface area contributed by atoms with Crippen molar-refractivity contribution in [2.45, 2.75) is 13.8 Å². The van der Waals surface area contributed by atoms with E-state index in [-0.39, 0.29) is 12.5 Å². The highest BCUT2D eigenvalue weighted by atomic mass is 16.5. The Morgan fingerprint density at radius 2 is 1.65 bits per heavy atom. The Labute approximate surface area is 199 Å². The standard InChI is InChI=1S/C28H28N4O2/c1-20-6-5-9-26(21(20)2)34-19-28(33)32-16-14-31(15-17-32)27-13-12-25(29-30-27)24-11-10-22-7-3-4-8-23(22)18-24/h3-13,18H,14-17,19H2,1-2H3. The van der Waals surface area contributed by atoms with Crippen LogP contribution in [0.4, 0.5) is 5.82 Å². The molecular formula is C28H28N4O2. The molecule has 0 atom stereocenters. The molecule has 1 aromatic heterocycles. The summed E-state index contributed by atoms with van der Waals surface area (Å²) < 4.78 is 5.80. The van der Waals surface area contributed by atoms with E-state index in [0.717, 1.165) is 47.0 Å². The first-order valence-corrected chi connectivity index (χ1v) is 11.6. The maximum absolute atomic E-state index is 12.7. The average Bonchev–Trinajstić information content (AvgIpc) is 2.89. The summed E-state index contributed by atoms with van der Waals surface area (Å²) in [6.07, 6.45) is 0. The van der Waals surface area contributed by atoms with Gasteiger partial charge in [0, 0.05) is 31.7 Å². The zero-order valence-corrected chi connectivity index (χ0v) is 19.6. The third kappa shape index (κ3) is 4.57. The Kier molecular flexibility index (Phi) is 6.12. The van der Waals surface area contributed by atoms with Crippen molar-refractivity contribution in [1.82, 2.24) is 15.1 Å². The molecule has 0 unspecified atom stereocenters. The van der Waals surface area contributed by atoms with Crippen LogP contribution in [0.25, 0.3) is 22.0 Å². The highest BCUT2D eigenvalue weighted by Crippen LogP contribution is 2.24. The van der Waals surface area contributed by atoms with Crippen LogP contribution in [0, 0.1) is 13.8 Å². The number of aromatic nitrogens is 2. The molecule has 6 nitrogen and oxygen atoms in total. The lowest BCUT2D eigenvalue weighted by molar-refractivity contribution is -0.133. The molecule has 3 aromatic carbocycles. The van der Waals surface area contributed by atoms with Crippen LogP contribution in [0.5, 0.6) is 5.75 Å². The molecule has 1 amide bonds. The SMILES string of the molecule is Cc1cccc(OCC(=O)N2CCN(c3ccc(-c4ccc5ccccc5c4)nn3)CC2)c1C. The second kappa shape index (κ2) is 9.51. The summed E-state index contributed by atoms with van der Waals surface area (Å²) in [5.41, 5.74) is 4.14. The van der Waals surface area contributed by atoms with E-state index < -0.39 is 0 Å². The maximum atomic E-state index is 12.7.